The number of nitrogens with one attached hydrogen (secondary N) is 1. The van der Waals surface area contributed by atoms with Crippen molar-refractivity contribution in [1.82, 2.24) is 10.2 Å². The number of rotatable bonds is 10. The van der Waals surface area contributed by atoms with Gasteiger partial charge in [-0.25, -0.2) is 8.42 Å². The number of hydrogen-bond acceptors (Lipinski definition) is 4. The highest BCUT2D eigenvalue weighted by molar-refractivity contribution is 7.92. The summed E-state index contributed by atoms with van der Waals surface area (Å²) in [5, 5.41) is 4.13. The van der Waals surface area contributed by atoms with Crippen LogP contribution in [0.2, 0.25) is 15.1 Å². The van der Waals surface area contributed by atoms with E-state index in [0.29, 0.717) is 26.2 Å². The minimum Gasteiger partial charge on any atom is -0.352 e. The lowest BCUT2D eigenvalue weighted by Gasteiger charge is -2.33. The molecule has 3 aromatic carbocycles. The molecule has 224 valence electrons. The zero-order valence-corrected chi connectivity index (χ0v) is 26.8. The van der Waals surface area contributed by atoms with Gasteiger partial charge in [0.25, 0.3) is 10.0 Å². The molecule has 2 amide bonds. The van der Waals surface area contributed by atoms with Crippen molar-refractivity contribution >= 4 is 62.3 Å². The molecule has 0 saturated heterocycles. The maximum atomic E-state index is 14.2. The lowest BCUT2D eigenvalue weighted by atomic mass is 10.1. The Morgan fingerprint density at radius 1 is 0.929 bits per heavy atom. The molecular weight excluding hydrogens is 617 g/mol. The number of aryl methyl sites for hydroxylation is 2. The van der Waals surface area contributed by atoms with Gasteiger partial charge in [0, 0.05) is 27.7 Å². The van der Waals surface area contributed by atoms with Crippen LogP contribution in [0.1, 0.15) is 49.3 Å². The lowest BCUT2D eigenvalue weighted by Crippen LogP contribution is -2.52. The molecule has 1 saturated carbocycles. The molecule has 3 aromatic rings. The van der Waals surface area contributed by atoms with Crippen LogP contribution in [-0.4, -0.2) is 43.8 Å². The summed E-state index contributed by atoms with van der Waals surface area (Å²) in [5.41, 5.74) is 2.34. The summed E-state index contributed by atoms with van der Waals surface area (Å²) in [6.45, 7) is 4.65. The standard InChI is InChI=1S/C31H34Cl3N3O4S/c1-20-8-14-27(15-9-20)42(40,41)37(29-17-25(33)12-10-21(29)2)19-30(38)36(18-23-11-13-24(32)16-28(23)34)22(3)31(39)35-26-6-4-5-7-26/h8-17,22,26H,4-7,18-19H2,1-3H3,(H,35,39). The van der Waals surface area contributed by atoms with Crippen molar-refractivity contribution in [3.05, 3.63) is 92.4 Å². The molecule has 4 rings (SSSR count). The molecule has 11 heteroatoms. The third kappa shape index (κ3) is 7.59. The van der Waals surface area contributed by atoms with E-state index in [1.165, 1.54) is 23.1 Å². The Bertz CT molecular complexity index is 1560. The predicted octanol–water partition coefficient (Wildman–Crippen LogP) is 6.94. The van der Waals surface area contributed by atoms with E-state index in [0.717, 1.165) is 35.6 Å². The molecule has 7 nitrogen and oxygen atoms in total. The summed E-state index contributed by atoms with van der Waals surface area (Å²) in [7, 11) is -4.21. The highest BCUT2D eigenvalue weighted by atomic mass is 35.5. The van der Waals surface area contributed by atoms with E-state index in [1.54, 1.807) is 56.3 Å². The predicted molar refractivity (Wildman–Crippen MR) is 169 cm³/mol. The van der Waals surface area contributed by atoms with Crippen LogP contribution in [0.5, 0.6) is 0 Å². The molecule has 0 bridgehead atoms. The van der Waals surface area contributed by atoms with Crippen molar-refractivity contribution in [2.45, 2.75) is 70.0 Å². The third-order valence-electron chi connectivity index (χ3n) is 7.55. The van der Waals surface area contributed by atoms with Crippen LogP contribution in [0.15, 0.2) is 65.6 Å². The monoisotopic (exact) mass is 649 g/mol. The van der Waals surface area contributed by atoms with E-state index in [4.69, 9.17) is 34.8 Å². The zero-order valence-electron chi connectivity index (χ0n) is 23.7. The third-order valence-corrected chi connectivity index (χ3v) is 10.1. The fourth-order valence-corrected chi connectivity index (χ4v) is 7.12. The van der Waals surface area contributed by atoms with Gasteiger partial charge in [0.2, 0.25) is 11.8 Å². The first-order valence-electron chi connectivity index (χ1n) is 13.8. The van der Waals surface area contributed by atoms with Gasteiger partial charge in [0.1, 0.15) is 12.6 Å². The van der Waals surface area contributed by atoms with Gasteiger partial charge in [-0.2, -0.15) is 0 Å². The second-order valence-electron chi connectivity index (χ2n) is 10.7. The van der Waals surface area contributed by atoms with Gasteiger partial charge in [-0.15, -0.1) is 0 Å². The fraction of sp³-hybridized carbons (Fsp3) is 0.355. The summed E-state index contributed by atoms with van der Waals surface area (Å²) >= 11 is 18.8. The van der Waals surface area contributed by atoms with Gasteiger partial charge >= 0.3 is 0 Å². The first-order chi connectivity index (χ1) is 19.9. The van der Waals surface area contributed by atoms with Gasteiger partial charge in [-0.3, -0.25) is 13.9 Å². The highest BCUT2D eigenvalue weighted by Gasteiger charge is 2.34. The number of amides is 2. The molecule has 1 unspecified atom stereocenters. The van der Waals surface area contributed by atoms with Gasteiger partial charge in [0.15, 0.2) is 0 Å². The Morgan fingerprint density at radius 2 is 1.55 bits per heavy atom. The Labute approximate surface area is 262 Å². The van der Waals surface area contributed by atoms with Crippen LogP contribution in [0.4, 0.5) is 5.69 Å². The van der Waals surface area contributed by atoms with Crippen LogP contribution in [-0.2, 0) is 26.2 Å². The van der Waals surface area contributed by atoms with Gasteiger partial charge in [0.05, 0.1) is 10.6 Å². The van der Waals surface area contributed by atoms with E-state index in [9.17, 15) is 18.0 Å². The highest BCUT2D eigenvalue weighted by Crippen LogP contribution is 2.31. The number of sulfonamides is 1. The minimum atomic E-state index is -4.21. The normalized spacial score (nSPS) is 14.4. The second kappa shape index (κ2) is 13.7. The van der Waals surface area contributed by atoms with Crippen LogP contribution >= 0.6 is 34.8 Å². The topological polar surface area (TPSA) is 86.8 Å². The Balaban J connectivity index is 1.73. The molecule has 1 aliphatic rings. The van der Waals surface area contributed by atoms with Crippen molar-refractivity contribution in [1.29, 1.82) is 0 Å². The molecule has 0 heterocycles. The molecule has 1 aliphatic carbocycles. The number of benzene rings is 3. The molecule has 0 spiro atoms. The van der Waals surface area contributed by atoms with Crippen molar-refractivity contribution in [3.8, 4) is 0 Å². The Hall–Kier alpha value is -2.78. The molecule has 0 aromatic heterocycles. The van der Waals surface area contributed by atoms with E-state index >= 15 is 0 Å². The van der Waals surface area contributed by atoms with Crippen LogP contribution < -0.4 is 9.62 Å². The summed E-state index contributed by atoms with van der Waals surface area (Å²) in [4.78, 5) is 28.9. The van der Waals surface area contributed by atoms with Crippen molar-refractivity contribution < 1.29 is 18.0 Å². The molecule has 0 aliphatic heterocycles. The van der Waals surface area contributed by atoms with Crippen molar-refractivity contribution in [3.63, 3.8) is 0 Å². The molecule has 1 atom stereocenters. The minimum absolute atomic E-state index is 0.0267. The largest absolute Gasteiger partial charge is 0.352 e. The molecular formula is C31H34Cl3N3O4S. The smallest absolute Gasteiger partial charge is 0.264 e. The van der Waals surface area contributed by atoms with Crippen LogP contribution in [0, 0.1) is 13.8 Å². The number of hydrogen-bond donors (Lipinski definition) is 1. The number of halogens is 3. The summed E-state index contributed by atoms with van der Waals surface area (Å²) in [6.07, 6.45) is 3.83. The summed E-state index contributed by atoms with van der Waals surface area (Å²) in [5.74, 6) is -0.891. The van der Waals surface area contributed by atoms with Crippen LogP contribution in [0.25, 0.3) is 0 Å². The van der Waals surface area contributed by atoms with Gasteiger partial charge in [-0.05, 0) is 81.1 Å². The van der Waals surface area contributed by atoms with Gasteiger partial charge in [-0.1, -0.05) is 77.5 Å². The number of carbonyl (C=O) groups excluding carboxylic acids is 2. The van der Waals surface area contributed by atoms with Crippen molar-refractivity contribution in [2.24, 2.45) is 0 Å². The summed E-state index contributed by atoms with van der Waals surface area (Å²) in [6, 6.07) is 15.3. The number of nitrogens with zero attached hydrogens (tertiary/aromatic N) is 2. The van der Waals surface area contributed by atoms with E-state index < -0.39 is 28.5 Å². The molecule has 1 N–H and O–H groups in total. The maximum absolute atomic E-state index is 14.2. The number of anilines is 1. The summed E-state index contributed by atoms with van der Waals surface area (Å²) < 4.78 is 29.1. The second-order valence-corrected chi connectivity index (χ2v) is 13.8. The first-order valence-corrected chi connectivity index (χ1v) is 16.3. The van der Waals surface area contributed by atoms with E-state index in [-0.39, 0.29) is 29.1 Å². The zero-order chi connectivity index (χ0) is 30.6. The molecule has 1 fully saturated rings. The quantitative estimate of drug-likeness (QED) is 0.258. The first kappa shape index (κ1) is 32.1. The van der Waals surface area contributed by atoms with Crippen molar-refractivity contribution in [2.75, 3.05) is 10.8 Å². The average Bonchev–Trinajstić information content (AvgIpc) is 3.45. The maximum Gasteiger partial charge on any atom is 0.264 e. The number of carbonyl (C=O) groups is 2. The van der Waals surface area contributed by atoms with E-state index in [1.807, 2.05) is 6.92 Å². The Kier molecular flexibility index (Phi) is 10.5. The SMILES string of the molecule is Cc1ccc(S(=O)(=O)N(CC(=O)N(Cc2ccc(Cl)cc2Cl)C(C)C(=O)NC2CCCC2)c2cc(Cl)ccc2C)cc1. The van der Waals surface area contributed by atoms with Crippen LogP contribution in [0.3, 0.4) is 0 Å². The van der Waals surface area contributed by atoms with E-state index in [2.05, 4.69) is 5.32 Å². The average molecular weight is 651 g/mol. The molecule has 0 radical (unpaired) electrons. The molecule has 42 heavy (non-hydrogen) atoms. The van der Waals surface area contributed by atoms with Gasteiger partial charge < -0.3 is 10.2 Å². The lowest BCUT2D eigenvalue weighted by molar-refractivity contribution is -0.139. The fourth-order valence-electron chi connectivity index (χ4n) is 5.01. The Morgan fingerprint density at radius 3 is 2.19 bits per heavy atom.